The van der Waals surface area contributed by atoms with Crippen molar-refractivity contribution in [3.63, 3.8) is 0 Å². The van der Waals surface area contributed by atoms with Gasteiger partial charge in [0, 0.05) is 38.9 Å². The highest BCUT2D eigenvalue weighted by Gasteiger charge is 2.26. The summed E-state index contributed by atoms with van der Waals surface area (Å²) >= 11 is 1.71. The summed E-state index contributed by atoms with van der Waals surface area (Å²) in [4.78, 5) is 28.3. The van der Waals surface area contributed by atoms with Crippen molar-refractivity contribution in [3.05, 3.63) is 32.4 Å². The number of aromatic amines is 1. The van der Waals surface area contributed by atoms with Gasteiger partial charge >= 0.3 is 6.03 Å². The average Bonchev–Trinajstić information content (AvgIpc) is 2.99. The second-order valence-corrected chi connectivity index (χ2v) is 7.92. The van der Waals surface area contributed by atoms with Crippen molar-refractivity contribution in [2.24, 2.45) is 0 Å². The molecule has 1 saturated heterocycles. The lowest BCUT2D eigenvalue weighted by Crippen LogP contribution is -2.34. The Morgan fingerprint density at radius 1 is 1.39 bits per heavy atom. The number of carbonyl (C=O) groups is 1. The lowest BCUT2D eigenvalue weighted by atomic mass is 9.89. The van der Waals surface area contributed by atoms with Crippen LogP contribution in [0.2, 0.25) is 0 Å². The number of H-pyrrole nitrogens is 1. The van der Waals surface area contributed by atoms with Crippen molar-refractivity contribution < 1.29 is 4.79 Å². The van der Waals surface area contributed by atoms with Gasteiger partial charge in [0.25, 0.3) is 5.56 Å². The Bertz CT molecular complexity index is 730. The second kappa shape index (κ2) is 6.34. The molecule has 1 amide bonds. The predicted molar refractivity (Wildman–Crippen MR) is 94.8 cm³/mol. The van der Waals surface area contributed by atoms with Gasteiger partial charge in [-0.15, -0.1) is 0 Å². The van der Waals surface area contributed by atoms with Gasteiger partial charge in [-0.1, -0.05) is 38.3 Å². The summed E-state index contributed by atoms with van der Waals surface area (Å²) in [6.07, 6.45) is 1.70. The molecule has 0 saturated carbocycles. The second-order valence-electron chi connectivity index (χ2n) is 6.83. The summed E-state index contributed by atoms with van der Waals surface area (Å²) in [6, 6.07) is -0.389. The van der Waals surface area contributed by atoms with Gasteiger partial charge < -0.3 is 9.80 Å². The zero-order chi connectivity index (χ0) is 17.4. The topological polar surface area (TPSA) is 61.3 Å². The molecule has 1 aliphatic heterocycles. The van der Waals surface area contributed by atoms with Gasteiger partial charge in [-0.2, -0.15) is 4.68 Å². The van der Waals surface area contributed by atoms with Gasteiger partial charge in [-0.3, -0.25) is 9.89 Å². The molecule has 1 N–H and O–H groups in total. The van der Waals surface area contributed by atoms with E-state index in [-0.39, 0.29) is 17.0 Å². The molecule has 7 heteroatoms. The fourth-order valence-corrected chi connectivity index (χ4v) is 3.28. The molecule has 0 aliphatic carbocycles. The summed E-state index contributed by atoms with van der Waals surface area (Å²) in [7, 11) is 5.24. The predicted octanol–water partition coefficient (Wildman–Crippen LogP) is 2.14. The van der Waals surface area contributed by atoms with E-state index in [0.717, 1.165) is 27.7 Å². The molecular weight excluding hydrogens is 312 g/mol. The van der Waals surface area contributed by atoms with Crippen LogP contribution in [-0.4, -0.2) is 59.1 Å². The van der Waals surface area contributed by atoms with Crippen LogP contribution >= 0.6 is 11.8 Å². The molecule has 0 aromatic carbocycles. The third kappa shape index (κ3) is 3.57. The van der Waals surface area contributed by atoms with E-state index in [1.165, 1.54) is 4.90 Å². The maximum atomic E-state index is 12.7. The fourth-order valence-electron chi connectivity index (χ4n) is 2.27. The Kier molecular flexibility index (Phi) is 4.82. The standard InChI is InChI=1S/C16H24N4O2S/c1-16(2,3)13-11(7-8-12-19(6)9-10-23-12)14(21)20(17-13)15(22)18(4)5/h7,17H,9-10H2,1-6H3. The zero-order valence-electron chi connectivity index (χ0n) is 14.6. The molecule has 1 aromatic rings. The molecule has 0 atom stereocenters. The minimum Gasteiger partial charge on any atom is -0.362 e. The van der Waals surface area contributed by atoms with E-state index < -0.39 is 0 Å². The Hall–Kier alpha value is -1.85. The summed E-state index contributed by atoms with van der Waals surface area (Å²) < 4.78 is 1.06. The van der Waals surface area contributed by atoms with Crippen LogP contribution in [0.15, 0.2) is 15.6 Å². The quantitative estimate of drug-likeness (QED) is 0.798. The van der Waals surface area contributed by atoms with Crippen LogP contribution in [0.4, 0.5) is 4.79 Å². The molecule has 0 spiro atoms. The van der Waals surface area contributed by atoms with E-state index in [9.17, 15) is 9.59 Å². The number of nitrogens with one attached hydrogen (secondary N) is 1. The summed E-state index contributed by atoms with van der Waals surface area (Å²) in [5.41, 5.74) is 3.80. The van der Waals surface area contributed by atoms with E-state index in [0.29, 0.717) is 5.56 Å². The molecule has 23 heavy (non-hydrogen) atoms. The molecule has 0 radical (unpaired) electrons. The van der Waals surface area contributed by atoms with Crippen LogP contribution in [-0.2, 0) is 5.41 Å². The van der Waals surface area contributed by atoms with Crippen LogP contribution in [0.3, 0.4) is 0 Å². The van der Waals surface area contributed by atoms with Crippen LogP contribution in [0, 0.1) is 0 Å². The van der Waals surface area contributed by atoms with E-state index in [4.69, 9.17) is 0 Å². The van der Waals surface area contributed by atoms with Crippen molar-refractivity contribution in [2.45, 2.75) is 26.2 Å². The van der Waals surface area contributed by atoms with Crippen molar-refractivity contribution in [1.82, 2.24) is 19.6 Å². The highest BCUT2D eigenvalue weighted by Crippen LogP contribution is 2.26. The minimum atomic E-state index is -0.389. The summed E-state index contributed by atoms with van der Waals surface area (Å²) in [6.45, 7) is 6.99. The largest absolute Gasteiger partial charge is 0.362 e. The normalized spacial score (nSPS) is 14.9. The lowest BCUT2D eigenvalue weighted by Gasteiger charge is -2.17. The first-order valence-electron chi connectivity index (χ1n) is 7.50. The first-order valence-corrected chi connectivity index (χ1v) is 8.49. The first-order chi connectivity index (χ1) is 10.6. The molecule has 126 valence electrons. The first kappa shape index (κ1) is 17.5. The van der Waals surface area contributed by atoms with Gasteiger partial charge in [0.2, 0.25) is 0 Å². The monoisotopic (exact) mass is 336 g/mol. The van der Waals surface area contributed by atoms with Gasteiger partial charge in [0.1, 0.15) is 5.03 Å². The van der Waals surface area contributed by atoms with Gasteiger partial charge in [0.05, 0.1) is 11.3 Å². The molecule has 6 nitrogen and oxygen atoms in total. The summed E-state index contributed by atoms with van der Waals surface area (Å²) in [5.74, 6) is 1.02. The van der Waals surface area contributed by atoms with Crippen LogP contribution in [0.1, 0.15) is 32.0 Å². The molecule has 2 heterocycles. The summed E-state index contributed by atoms with van der Waals surface area (Å²) in [5, 5.41) is 3.98. The molecule has 0 unspecified atom stereocenters. The van der Waals surface area contributed by atoms with Crippen molar-refractivity contribution in [3.8, 4) is 0 Å². The molecule has 0 bridgehead atoms. The molecule has 1 fully saturated rings. The number of hydrogen-bond acceptors (Lipinski definition) is 4. The van der Waals surface area contributed by atoms with E-state index >= 15 is 0 Å². The van der Waals surface area contributed by atoms with E-state index in [1.807, 2.05) is 27.8 Å². The Morgan fingerprint density at radius 3 is 2.52 bits per heavy atom. The minimum absolute atomic E-state index is 0.288. The average molecular weight is 336 g/mol. The van der Waals surface area contributed by atoms with Crippen molar-refractivity contribution >= 4 is 23.9 Å². The number of amides is 1. The number of thioether (sulfide) groups is 1. The zero-order valence-corrected chi connectivity index (χ0v) is 15.4. The molecular formula is C16H24N4O2S. The van der Waals surface area contributed by atoms with Crippen molar-refractivity contribution in [1.29, 1.82) is 0 Å². The van der Waals surface area contributed by atoms with Crippen LogP contribution in [0.25, 0.3) is 6.08 Å². The smallest absolute Gasteiger partial charge is 0.345 e. The fraction of sp³-hybridized carbons (Fsp3) is 0.562. The third-order valence-electron chi connectivity index (χ3n) is 3.60. The third-order valence-corrected chi connectivity index (χ3v) is 4.69. The highest BCUT2D eigenvalue weighted by molar-refractivity contribution is 8.03. The Morgan fingerprint density at radius 2 is 2.04 bits per heavy atom. The molecule has 2 rings (SSSR count). The SMILES string of the molecule is CN(C)C(=O)n1[nH]c(C(C)(C)C)c(C=C=C2SCCN2C)c1=O. The van der Waals surface area contributed by atoms with Gasteiger partial charge in [-0.25, -0.2) is 4.79 Å². The maximum absolute atomic E-state index is 12.7. The Labute approximate surface area is 140 Å². The van der Waals surface area contributed by atoms with Crippen molar-refractivity contribution in [2.75, 3.05) is 33.4 Å². The Balaban J connectivity index is 2.60. The highest BCUT2D eigenvalue weighted by atomic mass is 32.2. The number of hydrogen-bond donors (Lipinski definition) is 1. The number of nitrogens with zero attached hydrogens (tertiary/aromatic N) is 3. The number of rotatable bonds is 1. The van der Waals surface area contributed by atoms with Gasteiger partial charge in [0.15, 0.2) is 0 Å². The van der Waals surface area contributed by atoms with Crippen LogP contribution < -0.4 is 5.56 Å². The van der Waals surface area contributed by atoms with E-state index in [2.05, 4.69) is 15.7 Å². The number of carbonyl (C=O) groups excluding carboxylic acids is 1. The molecule has 1 aromatic heterocycles. The molecule has 1 aliphatic rings. The number of aromatic nitrogens is 2. The lowest BCUT2D eigenvalue weighted by molar-refractivity contribution is 0.214. The maximum Gasteiger partial charge on any atom is 0.345 e. The van der Waals surface area contributed by atoms with Crippen LogP contribution in [0.5, 0.6) is 0 Å². The van der Waals surface area contributed by atoms with Gasteiger partial charge in [-0.05, 0) is 6.08 Å². The van der Waals surface area contributed by atoms with E-state index in [1.54, 1.807) is 31.9 Å².